The molecule has 1 rings (SSSR count). The van der Waals surface area contributed by atoms with E-state index < -0.39 is 23.7 Å². The standard InChI is InChI=1S/C12H18F3N3OS/c1-11(2,3)4-9(12(13,14)15)18-10(19)16-5-8-6-20-7-17-8/h6-7,9H,4-5H2,1-3H3,(H2,16,18,19)/t9-/m1/s1. The topological polar surface area (TPSA) is 54.0 Å². The number of thiazole rings is 1. The summed E-state index contributed by atoms with van der Waals surface area (Å²) in [5, 5.41) is 6.06. The lowest BCUT2D eigenvalue weighted by Gasteiger charge is -2.28. The summed E-state index contributed by atoms with van der Waals surface area (Å²) >= 11 is 1.35. The number of hydrogen-bond donors (Lipinski definition) is 2. The largest absolute Gasteiger partial charge is 0.408 e. The van der Waals surface area contributed by atoms with Crippen molar-refractivity contribution in [3.63, 3.8) is 0 Å². The predicted molar refractivity (Wildman–Crippen MR) is 71.4 cm³/mol. The number of nitrogens with one attached hydrogen (secondary N) is 2. The third kappa shape index (κ3) is 6.23. The first-order chi connectivity index (χ1) is 9.08. The van der Waals surface area contributed by atoms with Gasteiger partial charge in [0.05, 0.1) is 17.7 Å². The third-order valence-electron chi connectivity index (χ3n) is 2.43. The Balaban J connectivity index is 2.54. The normalized spacial score (nSPS) is 13.9. The Kier molecular flexibility index (Phi) is 5.38. The number of urea groups is 1. The highest BCUT2D eigenvalue weighted by Crippen LogP contribution is 2.30. The first kappa shape index (κ1) is 16.7. The second kappa shape index (κ2) is 6.43. The number of rotatable bonds is 4. The maximum atomic E-state index is 12.9. The SMILES string of the molecule is CC(C)(C)C[C@@H](NC(=O)NCc1cscn1)C(F)(F)F. The molecule has 0 bridgehead atoms. The van der Waals surface area contributed by atoms with Crippen LogP contribution in [0.3, 0.4) is 0 Å². The molecule has 0 aromatic carbocycles. The van der Waals surface area contributed by atoms with Crippen LogP contribution in [0.1, 0.15) is 32.9 Å². The van der Waals surface area contributed by atoms with E-state index in [4.69, 9.17) is 0 Å². The molecule has 0 unspecified atom stereocenters. The highest BCUT2D eigenvalue weighted by molar-refractivity contribution is 7.07. The third-order valence-corrected chi connectivity index (χ3v) is 3.07. The molecule has 8 heteroatoms. The molecule has 0 aliphatic carbocycles. The lowest BCUT2D eigenvalue weighted by molar-refractivity contribution is -0.159. The van der Waals surface area contributed by atoms with Crippen LogP contribution in [0.25, 0.3) is 0 Å². The highest BCUT2D eigenvalue weighted by Gasteiger charge is 2.42. The summed E-state index contributed by atoms with van der Waals surface area (Å²) in [6.07, 6.45) is -4.65. The van der Waals surface area contributed by atoms with Crippen LogP contribution in [-0.2, 0) is 6.54 Å². The zero-order chi connectivity index (χ0) is 15.4. The number of nitrogens with zero attached hydrogens (tertiary/aromatic N) is 1. The Hall–Kier alpha value is -1.31. The van der Waals surface area contributed by atoms with Gasteiger partial charge in [0.25, 0.3) is 0 Å². The van der Waals surface area contributed by atoms with Gasteiger partial charge in [0, 0.05) is 5.38 Å². The zero-order valence-electron chi connectivity index (χ0n) is 11.5. The summed E-state index contributed by atoms with van der Waals surface area (Å²) in [5.74, 6) is 0. The van der Waals surface area contributed by atoms with Gasteiger partial charge in [-0.15, -0.1) is 11.3 Å². The number of halogens is 3. The van der Waals surface area contributed by atoms with Crippen LogP contribution in [0.2, 0.25) is 0 Å². The van der Waals surface area contributed by atoms with Gasteiger partial charge in [-0.05, 0) is 11.8 Å². The van der Waals surface area contributed by atoms with E-state index in [1.165, 1.54) is 11.3 Å². The number of hydrogen-bond acceptors (Lipinski definition) is 3. The van der Waals surface area contributed by atoms with Crippen LogP contribution >= 0.6 is 11.3 Å². The maximum Gasteiger partial charge on any atom is 0.408 e. The molecule has 1 aromatic rings. The molecule has 20 heavy (non-hydrogen) atoms. The van der Waals surface area contributed by atoms with E-state index in [1.54, 1.807) is 31.7 Å². The van der Waals surface area contributed by atoms with E-state index >= 15 is 0 Å². The number of alkyl halides is 3. The quantitative estimate of drug-likeness (QED) is 0.896. The van der Waals surface area contributed by atoms with Crippen molar-refractivity contribution in [2.45, 2.75) is 46.0 Å². The minimum Gasteiger partial charge on any atom is -0.332 e. The van der Waals surface area contributed by atoms with Crippen molar-refractivity contribution >= 4 is 17.4 Å². The van der Waals surface area contributed by atoms with Crippen molar-refractivity contribution in [3.8, 4) is 0 Å². The molecule has 114 valence electrons. The average Bonchev–Trinajstić information content (AvgIpc) is 2.75. The summed E-state index contributed by atoms with van der Waals surface area (Å²) in [7, 11) is 0. The van der Waals surface area contributed by atoms with Crippen molar-refractivity contribution in [3.05, 3.63) is 16.6 Å². The van der Waals surface area contributed by atoms with Gasteiger partial charge < -0.3 is 10.6 Å². The number of carbonyl (C=O) groups is 1. The Morgan fingerprint density at radius 3 is 2.50 bits per heavy atom. The Bertz CT molecular complexity index is 426. The van der Waals surface area contributed by atoms with E-state index in [1.807, 2.05) is 5.32 Å². The first-order valence-electron chi connectivity index (χ1n) is 6.06. The summed E-state index contributed by atoms with van der Waals surface area (Å²) in [6.45, 7) is 5.19. The molecule has 1 atom stereocenters. The molecule has 0 aliphatic heterocycles. The summed E-state index contributed by atoms with van der Waals surface area (Å²) in [4.78, 5) is 15.5. The fraction of sp³-hybridized carbons (Fsp3) is 0.667. The van der Waals surface area contributed by atoms with Gasteiger partial charge in [-0.25, -0.2) is 9.78 Å². The zero-order valence-corrected chi connectivity index (χ0v) is 12.4. The molecule has 0 spiro atoms. The molecule has 0 saturated heterocycles. The minimum absolute atomic E-state index is 0.107. The van der Waals surface area contributed by atoms with Gasteiger partial charge in [-0.2, -0.15) is 13.2 Å². The molecule has 2 N–H and O–H groups in total. The van der Waals surface area contributed by atoms with Gasteiger partial charge in [-0.1, -0.05) is 20.8 Å². The molecule has 0 aliphatic rings. The number of aromatic nitrogens is 1. The van der Waals surface area contributed by atoms with Crippen LogP contribution in [0, 0.1) is 5.41 Å². The fourth-order valence-corrected chi connectivity index (χ4v) is 2.12. The van der Waals surface area contributed by atoms with E-state index in [-0.39, 0.29) is 13.0 Å². The van der Waals surface area contributed by atoms with Gasteiger partial charge in [-0.3, -0.25) is 0 Å². The monoisotopic (exact) mass is 309 g/mol. The van der Waals surface area contributed by atoms with Crippen LogP contribution in [0.4, 0.5) is 18.0 Å². The second-order valence-corrected chi connectivity index (χ2v) is 6.38. The van der Waals surface area contributed by atoms with Crippen molar-refractivity contribution < 1.29 is 18.0 Å². The molecule has 0 radical (unpaired) electrons. The van der Waals surface area contributed by atoms with Gasteiger partial charge in [0.15, 0.2) is 0 Å². The Morgan fingerprint density at radius 1 is 1.40 bits per heavy atom. The van der Waals surface area contributed by atoms with Gasteiger partial charge in [0.2, 0.25) is 0 Å². The fourth-order valence-electron chi connectivity index (χ4n) is 1.57. The molecular weight excluding hydrogens is 291 g/mol. The molecule has 1 heterocycles. The van der Waals surface area contributed by atoms with Crippen LogP contribution in [-0.4, -0.2) is 23.2 Å². The predicted octanol–water partition coefficient (Wildman–Crippen LogP) is 3.31. The van der Waals surface area contributed by atoms with Crippen LogP contribution in [0.5, 0.6) is 0 Å². The van der Waals surface area contributed by atoms with E-state index in [9.17, 15) is 18.0 Å². The molecular formula is C12H18F3N3OS. The van der Waals surface area contributed by atoms with Crippen molar-refractivity contribution in [1.29, 1.82) is 0 Å². The van der Waals surface area contributed by atoms with Gasteiger partial charge >= 0.3 is 12.2 Å². The van der Waals surface area contributed by atoms with Gasteiger partial charge in [0.1, 0.15) is 6.04 Å². The van der Waals surface area contributed by atoms with E-state index in [0.717, 1.165) is 0 Å². The van der Waals surface area contributed by atoms with Crippen molar-refractivity contribution in [1.82, 2.24) is 15.6 Å². The van der Waals surface area contributed by atoms with Crippen molar-refractivity contribution in [2.24, 2.45) is 5.41 Å². The molecule has 0 fully saturated rings. The average molecular weight is 309 g/mol. The number of carbonyl (C=O) groups excluding carboxylic acids is 1. The second-order valence-electron chi connectivity index (χ2n) is 5.67. The van der Waals surface area contributed by atoms with E-state index in [2.05, 4.69) is 10.3 Å². The summed E-state index contributed by atoms with van der Waals surface area (Å²) in [5.41, 5.74) is 1.67. The maximum absolute atomic E-state index is 12.9. The molecule has 4 nitrogen and oxygen atoms in total. The van der Waals surface area contributed by atoms with Crippen LogP contribution < -0.4 is 10.6 Å². The minimum atomic E-state index is -4.47. The smallest absolute Gasteiger partial charge is 0.332 e. The molecule has 2 amide bonds. The van der Waals surface area contributed by atoms with Crippen molar-refractivity contribution in [2.75, 3.05) is 0 Å². The summed E-state index contributed by atoms with van der Waals surface area (Å²) in [6, 6.07) is -2.71. The Labute approximate surface area is 119 Å². The van der Waals surface area contributed by atoms with Crippen LogP contribution in [0.15, 0.2) is 10.9 Å². The molecule has 1 aromatic heterocycles. The first-order valence-corrected chi connectivity index (χ1v) is 7.00. The Morgan fingerprint density at radius 2 is 2.05 bits per heavy atom. The molecule has 0 saturated carbocycles. The van der Waals surface area contributed by atoms with E-state index in [0.29, 0.717) is 5.69 Å². The lowest BCUT2D eigenvalue weighted by atomic mass is 9.88. The summed E-state index contributed by atoms with van der Waals surface area (Å²) < 4.78 is 38.6. The lowest BCUT2D eigenvalue weighted by Crippen LogP contribution is -2.50. The highest BCUT2D eigenvalue weighted by atomic mass is 32.1. The number of amides is 2.